The van der Waals surface area contributed by atoms with E-state index in [4.69, 9.17) is 10.5 Å². The second-order valence-electron chi connectivity index (χ2n) is 4.21. The van der Waals surface area contributed by atoms with Gasteiger partial charge in [0.25, 0.3) is 0 Å². The Bertz CT molecular complexity index is 205. The van der Waals surface area contributed by atoms with Gasteiger partial charge in [0.1, 0.15) is 5.60 Å². The van der Waals surface area contributed by atoms with Crippen molar-refractivity contribution in [2.24, 2.45) is 5.73 Å². The number of rotatable bonds is 4. The van der Waals surface area contributed by atoms with Crippen molar-refractivity contribution >= 4 is 6.09 Å². The van der Waals surface area contributed by atoms with Gasteiger partial charge in [0.05, 0.1) is 0 Å². The van der Waals surface area contributed by atoms with Gasteiger partial charge in [0, 0.05) is 19.0 Å². The molecule has 0 fully saturated rings. The number of nitrogens with two attached hydrogens (primary N) is 1. The highest BCUT2D eigenvalue weighted by Gasteiger charge is 2.20. The highest BCUT2D eigenvalue weighted by Crippen LogP contribution is 2.08. The summed E-state index contributed by atoms with van der Waals surface area (Å²) >= 11 is 0. The number of nitrogens with one attached hydrogen (secondary N) is 1. The van der Waals surface area contributed by atoms with Crippen LogP contribution in [0.3, 0.4) is 0 Å². The van der Waals surface area contributed by atoms with Crippen LogP contribution in [-0.2, 0) is 4.74 Å². The van der Waals surface area contributed by atoms with Crippen molar-refractivity contribution in [3.8, 4) is 0 Å². The molecule has 0 rings (SSSR count). The molecule has 90 valence electrons. The minimum atomic E-state index is -2.49. The fourth-order valence-electron chi connectivity index (χ4n) is 0.903. The first-order chi connectivity index (χ1) is 6.74. The summed E-state index contributed by atoms with van der Waals surface area (Å²) in [6.45, 7) is 5.04. The number of hydrogen-bond donors (Lipinski definition) is 2. The largest absolute Gasteiger partial charge is 0.444 e. The summed E-state index contributed by atoms with van der Waals surface area (Å²) in [4.78, 5) is 11.2. The average molecular weight is 224 g/mol. The van der Waals surface area contributed by atoms with Crippen molar-refractivity contribution < 1.29 is 18.3 Å². The normalized spacial score (nSPS) is 13.8. The van der Waals surface area contributed by atoms with E-state index in [9.17, 15) is 13.6 Å². The first-order valence-electron chi connectivity index (χ1n) is 4.72. The average Bonchev–Trinajstić information content (AvgIpc) is 1.98. The number of halogens is 2. The SMILES string of the molecule is CC(C)(C)OC(=O)NC(CN)CC(F)F. The van der Waals surface area contributed by atoms with Gasteiger partial charge in [-0.1, -0.05) is 0 Å². The maximum absolute atomic E-state index is 12.0. The van der Waals surface area contributed by atoms with Gasteiger partial charge in [-0.2, -0.15) is 0 Å². The molecule has 0 saturated carbocycles. The Kier molecular flexibility index (Phi) is 5.49. The molecule has 0 heterocycles. The summed E-state index contributed by atoms with van der Waals surface area (Å²) in [5.74, 6) is 0. The van der Waals surface area contributed by atoms with Crippen LogP contribution in [0.25, 0.3) is 0 Å². The van der Waals surface area contributed by atoms with Gasteiger partial charge < -0.3 is 15.8 Å². The van der Waals surface area contributed by atoms with E-state index in [-0.39, 0.29) is 6.54 Å². The van der Waals surface area contributed by atoms with Gasteiger partial charge in [0.15, 0.2) is 0 Å². The number of amides is 1. The summed E-state index contributed by atoms with van der Waals surface area (Å²) in [6.07, 6.45) is -3.68. The quantitative estimate of drug-likeness (QED) is 0.760. The molecule has 1 unspecified atom stereocenters. The third-order valence-corrected chi connectivity index (χ3v) is 1.47. The lowest BCUT2D eigenvalue weighted by atomic mass is 10.2. The number of carbonyl (C=O) groups excluding carboxylic acids is 1. The van der Waals surface area contributed by atoms with E-state index in [1.54, 1.807) is 20.8 Å². The lowest BCUT2D eigenvalue weighted by molar-refractivity contribution is 0.0476. The Hall–Kier alpha value is -0.910. The molecule has 0 aromatic carbocycles. The van der Waals surface area contributed by atoms with Crippen LogP contribution < -0.4 is 11.1 Å². The van der Waals surface area contributed by atoms with E-state index in [2.05, 4.69) is 5.32 Å². The Morgan fingerprint density at radius 1 is 1.47 bits per heavy atom. The number of hydrogen-bond acceptors (Lipinski definition) is 3. The predicted molar refractivity (Wildman–Crippen MR) is 52.8 cm³/mol. The second-order valence-corrected chi connectivity index (χ2v) is 4.21. The Morgan fingerprint density at radius 3 is 2.33 bits per heavy atom. The first-order valence-corrected chi connectivity index (χ1v) is 4.72. The zero-order valence-corrected chi connectivity index (χ0v) is 9.22. The van der Waals surface area contributed by atoms with Crippen LogP contribution in [0.2, 0.25) is 0 Å². The zero-order valence-electron chi connectivity index (χ0n) is 9.22. The molecule has 0 spiro atoms. The predicted octanol–water partition coefficient (Wildman–Crippen LogP) is 1.49. The Labute approximate surface area is 88.2 Å². The van der Waals surface area contributed by atoms with Crippen molar-refractivity contribution in [2.75, 3.05) is 6.54 Å². The summed E-state index contributed by atoms with van der Waals surface area (Å²) in [6, 6.07) is -0.750. The molecular formula is C9H18F2N2O2. The molecule has 6 heteroatoms. The summed E-state index contributed by atoms with van der Waals surface area (Å²) in [5, 5.41) is 2.29. The maximum atomic E-state index is 12.0. The topological polar surface area (TPSA) is 64.3 Å². The molecule has 15 heavy (non-hydrogen) atoms. The molecule has 0 radical (unpaired) electrons. The lowest BCUT2D eigenvalue weighted by Gasteiger charge is -2.22. The summed E-state index contributed by atoms with van der Waals surface area (Å²) in [5.41, 5.74) is 4.58. The van der Waals surface area contributed by atoms with Gasteiger partial charge in [-0.05, 0) is 20.8 Å². The van der Waals surface area contributed by atoms with Crippen molar-refractivity contribution in [2.45, 2.75) is 45.3 Å². The van der Waals surface area contributed by atoms with Crippen LogP contribution in [-0.4, -0.2) is 30.7 Å². The fourth-order valence-corrected chi connectivity index (χ4v) is 0.903. The molecule has 1 amide bonds. The molecule has 1 atom stereocenters. The molecule has 0 aromatic heterocycles. The first kappa shape index (κ1) is 14.1. The highest BCUT2D eigenvalue weighted by atomic mass is 19.3. The van der Waals surface area contributed by atoms with Crippen LogP contribution >= 0.6 is 0 Å². The van der Waals surface area contributed by atoms with E-state index >= 15 is 0 Å². The molecule has 0 saturated heterocycles. The lowest BCUT2D eigenvalue weighted by Crippen LogP contribution is -2.43. The smallest absolute Gasteiger partial charge is 0.407 e. The Morgan fingerprint density at radius 2 is 2.00 bits per heavy atom. The van der Waals surface area contributed by atoms with Crippen LogP contribution in [0.5, 0.6) is 0 Å². The van der Waals surface area contributed by atoms with Gasteiger partial charge in [-0.25, -0.2) is 13.6 Å². The standard InChI is InChI=1S/C9H18F2N2O2/c1-9(2,3)15-8(14)13-6(5-12)4-7(10)11/h6-7H,4-5,12H2,1-3H3,(H,13,14). The molecule has 3 N–H and O–H groups in total. The number of ether oxygens (including phenoxy) is 1. The van der Waals surface area contributed by atoms with Gasteiger partial charge in [0.2, 0.25) is 6.43 Å². The number of alkyl carbamates (subject to hydrolysis) is 1. The number of carbonyl (C=O) groups is 1. The zero-order chi connectivity index (χ0) is 12.1. The minimum absolute atomic E-state index is 0.0381. The Balaban J connectivity index is 4.02. The number of alkyl halides is 2. The molecular weight excluding hydrogens is 206 g/mol. The van der Waals surface area contributed by atoms with E-state index in [1.807, 2.05) is 0 Å². The minimum Gasteiger partial charge on any atom is -0.444 e. The van der Waals surface area contributed by atoms with Crippen LogP contribution in [0.4, 0.5) is 13.6 Å². The second kappa shape index (κ2) is 5.85. The molecule has 0 bridgehead atoms. The third-order valence-electron chi connectivity index (χ3n) is 1.47. The molecule has 0 aromatic rings. The third kappa shape index (κ3) is 8.11. The van der Waals surface area contributed by atoms with Crippen LogP contribution in [0, 0.1) is 0 Å². The van der Waals surface area contributed by atoms with E-state index in [0.29, 0.717) is 0 Å². The summed E-state index contributed by atoms with van der Waals surface area (Å²) in [7, 11) is 0. The monoisotopic (exact) mass is 224 g/mol. The van der Waals surface area contributed by atoms with Crippen molar-refractivity contribution in [3.63, 3.8) is 0 Å². The molecule has 4 nitrogen and oxygen atoms in total. The van der Waals surface area contributed by atoms with Crippen LogP contribution in [0.1, 0.15) is 27.2 Å². The van der Waals surface area contributed by atoms with Gasteiger partial charge in [-0.15, -0.1) is 0 Å². The highest BCUT2D eigenvalue weighted by molar-refractivity contribution is 5.68. The van der Waals surface area contributed by atoms with Crippen molar-refractivity contribution in [1.82, 2.24) is 5.32 Å². The van der Waals surface area contributed by atoms with Gasteiger partial charge >= 0.3 is 6.09 Å². The van der Waals surface area contributed by atoms with Crippen LogP contribution in [0.15, 0.2) is 0 Å². The summed E-state index contributed by atoms with van der Waals surface area (Å²) < 4.78 is 28.9. The fraction of sp³-hybridized carbons (Fsp3) is 0.889. The van der Waals surface area contributed by atoms with Crippen molar-refractivity contribution in [3.05, 3.63) is 0 Å². The maximum Gasteiger partial charge on any atom is 0.407 e. The molecule has 0 aliphatic heterocycles. The van der Waals surface area contributed by atoms with Gasteiger partial charge in [-0.3, -0.25) is 0 Å². The molecule has 0 aliphatic rings. The van der Waals surface area contributed by atoms with Crippen molar-refractivity contribution in [1.29, 1.82) is 0 Å². The van der Waals surface area contributed by atoms with E-state index in [0.717, 1.165) is 0 Å². The van der Waals surface area contributed by atoms with E-state index in [1.165, 1.54) is 0 Å². The molecule has 0 aliphatic carbocycles. The van der Waals surface area contributed by atoms with E-state index < -0.39 is 30.6 Å².